The van der Waals surface area contributed by atoms with E-state index in [1.54, 1.807) is 11.3 Å². The Morgan fingerprint density at radius 1 is 1.21 bits per heavy atom. The Hall–Kier alpha value is -1.26. The number of nitrogens with one attached hydrogen (secondary N) is 1. The van der Waals surface area contributed by atoms with Crippen LogP contribution in [0.15, 0.2) is 30.5 Å². The van der Waals surface area contributed by atoms with Crippen LogP contribution in [0.4, 0.5) is 0 Å². The van der Waals surface area contributed by atoms with E-state index in [1.807, 2.05) is 18.3 Å². The number of nitrogens with zero attached hydrogens (tertiary/aromatic N) is 1. The number of H-pyrrole nitrogens is 1. The Morgan fingerprint density at radius 2 is 2.07 bits per heavy atom. The predicted molar refractivity (Wildman–Crippen MR) is 62.3 cm³/mol. The zero-order chi connectivity index (χ0) is 9.54. The second-order valence-corrected chi connectivity index (χ2v) is 4.53. The fourth-order valence-corrected chi connectivity index (χ4v) is 3.02. The fraction of sp³-hybridized carbons (Fsp3) is 0. The van der Waals surface area contributed by atoms with Gasteiger partial charge in [-0.25, -0.2) is 0 Å². The van der Waals surface area contributed by atoms with Gasteiger partial charge in [0.05, 0.1) is 10.9 Å². The minimum Gasteiger partial charge on any atom is -0.267 e. The Balaban J connectivity index is 2.73. The summed E-state index contributed by atoms with van der Waals surface area (Å²) >= 11 is 6.95. The first kappa shape index (κ1) is 8.08. The Labute approximate surface area is 89.2 Å². The molecule has 0 atom stereocenters. The molecule has 2 nitrogen and oxygen atoms in total. The Kier molecular flexibility index (Phi) is 1.65. The molecule has 0 bridgehead atoms. The van der Waals surface area contributed by atoms with E-state index in [0.29, 0.717) is 0 Å². The van der Waals surface area contributed by atoms with E-state index in [0.717, 1.165) is 14.7 Å². The summed E-state index contributed by atoms with van der Waals surface area (Å²) in [5.41, 5.74) is 0. The van der Waals surface area contributed by atoms with Gasteiger partial charge in [-0.3, -0.25) is 5.10 Å². The van der Waals surface area contributed by atoms with Gasteiger partial charge in [0.2, 0.25) is 0 Å². The van der Waals surface area contributed by atoms with Gasteiger partial charge in [0, 0.05) is 15.5 Å². The highest BCUT2D eigenvalue weighted by Crippen LogP contribution is 2.32. The highest BCUT2D eigenvalue weighted by Gasteiger charge is 2.04. The van der Waals surface area contributed by atoms with Gasteiger partial charge in [-0.2, -0.15) is 5.10 Å². The highest BCUT2D eigenvalue weighted by atomic mass is 32.1. The van der Waals surface area contributed by atoms with E-state index in [1.165, 1.54) is 10.1 Å². The molecule has 0 amide bonds. The maximum Gasteiger partial charge on any atom is 0.128 e. The zero-order valence-electron chi connectivity index (χ0n) is 7.15. The maximum absolute atomic E-state index is 5.22. The van der Waals surface area contributed by atoms with Crippen LogP contribution in [0.3, 0.4) is 0 Å². The molecule has 0 spiro atoms. The van der Waals surface area contributed by atoms with Gasteiger partial charge in [-0.1, -0.05) is 30.4 Å². The molecule has 68 valence electrons. The van der Waals surface area contributed by atoms with Crippen LogP contribution in [0.5, 0.6) is 0 Å². The lowest BCUT2D eigenvalue weighted by Gasteiger charge is -1.89. The SMILES string of the molecule is S=c1[nH]ncc2sc3ccccc3c12. The molecule has 0 radical (unpaired) electrons. The molecular weight excluding hydrogens is 212 g/mol. The van der Waals surface area contributed by atoms with Crippen molar-refractivity contribution in [2.45, 2.75) is 0 Å². The van der Waals surface area contributed by atoms with Gasteiger partial charge in [0.25, 0.3) is 0 Å². The summed E-state index contributed by atoms with van der Waals surface area (Å²) in [6.45, 7) is 0. The van der Waals surface area contributed by atoms with Crippen molar-refractivity contribution in [2.24, 2.45) is 0 Å². The van der Waals surface area contributed by atoms with Crippen molar-refractivity contribution in [3.8, 4) is 0 Å². The van der Waals surface area contributed by atoms with E-state index in [9.17, 15) is 0 Å². The van der Waals surface area contributed by atoms with Crippen molar-refractivity contribution in [1.82, 2.24) is 10.2 Å². The van der Waals surface area contributed by atoms with Crippen LogP contribution in [0.25, 0.3) is 20.2 Å². The van der Waals surface area contributed by atoms with Crippen molar-refractivity contribution in [3.63, 3.8) is 0 Å². The number of hydrogen-bond donors (Lipinski definition) is 1. The molecule has 3 aromatic rings. The summed E-state index contributed by atoms with van der Waals surface area (Å²) in [6.07, 6.45) is 1.83. The largest absolute Gasteiger partial charge is 0.267 e. The molecule has 0 saturated carbocycles. The van der Waals surface area contributed by atoms with E-state index < -0.39 is 0 Å². The van der Waals surface area contributed by atoms with Crippen LogP contribution in [0.2, 0.25) is 0 Å². The molecule has 0 aliphatic carbocycles. The molecular formula is C10H6N2S2. The topological polar surface area (TPSA) is 28.7 Å². The van der Waals surface area contributed by atoms with Crippen LogP contribution < -0.4 is 0 Å². The zero-order valence-corrected chi connectivity index (χ0v) is 8.78. The van der Waals surface area contributed by atoms with Gasteiger partial charge in [-0.05, 0) is 6.07 Å². The molecule has 0 saturated heterocycles. The molecule has 2 aromatic heterocycles. The van der Waals surface area contributed by atoms with Crippen molar-refractivity contribution in [1.29, 1.82) is 0 Å². The van der Waals surface area contributed by atoms with Gasteiger partial charge >= 0.3 is 0 Å². The fourth-order valence-electron chi connectivity index (χ4n) is 1.59. The Bertz CT molecular complexity index is 666. The summed E-state index contributed by atoms with van der Waals surface area (Å²) in [7, 11) is 0. The third-order valence-electron chi connectivity index (χ3n) is 2.20. The molecule has 0 aliphatic heterocycles. The second kappa shape index (κ2) is 2.87. The third kappa shape index (κ3) is 1.01. The normalized spacial score (nSPS) is 11.1. The lowest BCUT2D eigenvalue weighted by molar-refractivity contribution is 1.04. The van der Waals surface area contributed by atoms with Crippen LogP contribution >= 0.6 is 23.6 Å². The predicted octanol–water partition coefficient (Wildman–Crippen LogP) is 3.51. The van der Waals surface area contributed by atoms with Gasteiger partial charge in [0.15, 0.2) is 0 Å². The minimum absolute atomic E-state index is 0.722. The standard InChI is InChI=1S/C10H6N2S2/c13-10-9-6-3-1-2-4-7(6)14-8(9)5-11-12-10/h1-5H,(H,12,13). The highest BCUT2D eigenvalue weighted by molar-refractivity contribution is 7.71. The average molecular weight is 218 g/mol. The van der Waals surface area contributed by atoms with Crippen LogP contribution in [-0.2, 0) is 0 Å². The number of aromatic amines is 1. The number of rotatable bonds is 0. The summed E-state index contributed by atoms with van der Waals surface area (Å²) < 4.78 is 3.13. The molecule has 14 heavy (non-hydrogen) atoms. The molecule has 4 heteroatoms. The molecule has 0 fully saturated rings. The number of benzene rings is 1. The lowest BCUT2D eigenvalue weighted by Crippen LogP contribution is -1.78. The summed E-state index contributed by atoms with van der Waals surface area (Å²) in [4.78, 5) is 0. The Morgan fingerprint density at radius 3 is 3.00 bits per heavy atom. The van der Waals surface area contributed by atoms with Crippen LogP contribution in [0, 0.1) is 4.64 Å². The lowest BCUT2D eigenvalue weighted by atomic mass is 10.2. The van der Waals surface area contributed by atoms with E-state index in [4.69, 9.17) is 12.2 Å². The van der Waals surface area contributed by atoms with Gasteiger partial charge in [0.1, 0.15) is 4.64 Å². The van der Waals surface area contributed by atoms with Crippen LogP contribution in [-0.4, -0.2) is 10.2 Å². The first-order chi connectivity index (χ1) is 6.86. The summed E-state index contributed by atoms with van der Waals surface area (Å²) in [5.74, 6) is 0. The van der Waals surface area contributed by atoms with Crippen molar-refractivity contribution in [2.75, 3.05) is 0 Å². The summed E-state index contributed by atoms with van der Waals surface area (Å²) in [5, 5.41) is 9.15. The van der Waals surface area contributed by atoms with E-state index in [-0.39, 0.29) is 0 Å². The summed E-state index contributed by atoms with van der Waals surface area (Å²) in [6, 6.07) is 8.27. The first-order valence-electron chi connectivity index (χ1n) is 4.21. The molecule has 0 aliphatic rings. The van der Waals surface area contributed by atoms with Crippen LogP contribution in [0.1, 0.15) is 0 Å². The van der Waals surface area contributed by atoms with E-state index in [2.05, 4.69) is 22.3 Å². The van der Waals surface area contributed by atoms with Crippen molar-refractivity contribution < 1.29 is 0 Å². The van der Waals surface area contributed by atoms with Crippen molar-refractivity contribution >= 4 is 43.7 Å². The molecule has 2 heterocycles. The number of hydrogen-bond acceptors (Lipinski definition) is 3. The van der Waals surface area contributed by atoms with Gasteiger partial charge in [-0.15, -0.1) is 11.3 Å². The van der Waals surface area contributed by atoms with Crippen molar-refractivity contribution in [3.05, 3.63) is 35.1 Å². The first-order valence-corrected chi connectivity index (χ1v) is 5.43. The molecule has 0 unspecified atom stereocenters. The number of fused-ring (bicyclic) bond motifs is 3. The smallest absolute Gasteiger partial charge is 0.128 e. The molecule has 1 N–H and O–H groups in total. The van der Waals surface area contributed by atoms with Gasteiger partial charge < -0.3 is 0 Å². The van der Waals surface area contributed by atoms with E-state index >= 15 is 0 Å². The molecule has 3 rings (SSSR count). The maximum atomic E-state index is 5.22. The number of thiophene rings is 1. The monoisotopic (exact) mass is 218 g/mol. The number of aromatic nitrogens is 2. The quantitative estimate of drug-likeness (QED) is 0.585. The second-order valence-electron chi connectivity index (χ2n) is 3.04. The average Bonchev–Trinajstić information content (AvgIpc) is 2.57. The minimum atomic E-state index is 0.722. The third-order valence-corrected chi connectivity index (χ3v) is 3.60. The molecule has 1 aromatic carbocycles.